The van der Waals surface area contributed by atoms with Gasteiger partial charge in [-0.05, 0) is 50.2 Å². The highest BCUT2D eigenvalue weighted by Crippen LogP contribution is 2.48. The summed E-state index contributed by atoms with van der Waals surface area (Å²) >= 11 is 0. The zero-order chi connectivity index (χ0) is 22.8. The zero-order valence-electron chi connectivity index (χ0n) is 18.0. The number of Topliss-reactive ketones (excluding diaryl/α,β-unsaturated/α-hetero) is 1. The number of carbonyl (C=O) groups excluding carboxylic acids is 1. The Morgan fingerprint density at radius 2 is 1.97 bits per heavy atom. The molecule has 3 rings (SSSR count). The molecule has 31 heavy (non-hydrogen) atoms. The molecule has 0 spiro atoms. The average Bonchev–Trinajstić information content (AvgIpc) is 3.18. The Hall–Kier alpha value is -2.74. The fourth-order valence-electron chi connectivity index (χ4n) is 3.74. The highest BCUT2D eigenvalue weighted by Gasteiger charge is 2.32. The first-order chi connectivity index (χ1) is 14.6. The summed E-state index contributed by atoms with van der Waals surface area (Å²) in [5, 5.41) is 0. The van der Waals surface area contributed by atoms with Crippen LogP contribution in [-0.4, -0.2) is 45.2 Å². The first-order valence-electron chi connectivity index (χ1n) is 9.96. The molecule has 0 amide bonds. The summed E-state index contributed by atoms with van der Waals surface area (Å²) < 4.78 is 55.8. The molecule has 0 saturated heterocycles. The Morgan fingerprint density at radius 3 is 2.61 bits per heavy atom. The first-order valence-corrected chi connectivity index (χ1v) is 9.96. The van der Waals surface area contributed by atoms with Gasteiger partial charge in [0.05, 0.1) is 12.7 Å². The van der Waals surface area contributed by atoms with Gasteiger partial charge in [0.15, 0.2) is 17.3 Å². The van der Waals surface area contributed by atoms with E-state index >= 15 is 0 Å². The first kappa shape index (κ1) is 22.9. The number of hydrogen-bond donors (Lipinski definition) is 0. The van der Waals surface area contributed by atoms with Gasteiger partial charge in [-0.1, -0.05) is 19.1 Å². The van der Waals surface area contributed by atoms with E-state index in [-0.39, 0.29) is 30.5 Å². The van der Waals surface area contributed by atoms with Crippen LogP contribution in [0, 0.1) is 0 Å². The van der Waals surface area contributed by atoms with Gasteiger partial charge in [-0.2, -0.15) is 13.2 Å². The third-order valence-corrected chi connectivity index (χ3v) is 5.27. The molecule has 8 heteroatoms. The molecule has 0 bridgehead atoms. The van der Waals surface area contributed by atoms with E-state index in [4.69, 9.17) is 14.2 Å². The largest absolute Gasteiger partial charge is 0.492 e. The van der Waals surface area contributed by atoms with E-state index in [2.05, 4.69) is 0 Å². The molecule has 1 heterocycles. The summed E-state index contributed by atoms with van der Waals surface area (Å²) in [6.45, 7) is 2.72. The third kappa shape index (κ3) is 5.12. The van der Waals surface area contributed by atoms with E-state index in [0.29, 0.717) is 23.7 Å². The Labute approximate surface area is 179 Å². The molecule has 1 aliphatic rings. The van der Waals surface area contributed by atoms with Crippen LogP contribution >= 0.6 is 0 Å². The number of rotatable bonds is 8. The molecule has 0 N–H and O–H groups in total. The average molecular weight is 437 g/mol. The fraction of sp³-hybridized carbons (Fsp3) is 0.435. The van der Waals surface area contributed by atoms with Gasteiger partial charge in [-0.25, -0.2) is 0 Å². The lowest BCUT2D eigenvalue weighted by molar-refractivity contribution is -0.137. The van der Waals surface area contributed by atoms with Crippen LogP contribution in [0.5, 0.6) is 17.2 Å². The second-order valence-corrected chi connectivity index (χ2v) is 7.88. The van der Waals surface area contributed by atoms with Crippen molar-refractivity contribution in [1.29, 1.82) is 0 Å². The topological polar surface area (TPSA) is 48.0 Å². The molecule has 1 unspecified atom stereocenters. The van der Waals surface area contributed by atoms with Gasteiger partial charge in [0.2, 0.25) is 12.5 Å². The van der Waals surface area contributed by atoms with Crippen LogP contribution in [0.2, 0.25) is 0 Å². The number of methoxy groups -OCH3 is 1. The van der Waals surface area contributed by atoms with Crippen molar-refractivity contribution in [3.05, 3.63) is 52.6 Å². The molecule has 1 aliphatic heterocycles. The van der Waals surface area contributed by atoms with E-state index in [0.717, 1.165) is 29.8 Å². The van der Waals surface area contributed by atoms with Crippen molar-refractivity contribution in [3.63, 3.8) is 0 Å². The van der Waals surface area contributed by atoms with Crippen LogP contribution in [0.1, 0.15) is 46.3 Å². The minimum Gasteiger partial charge on any atom is -0.492 e. The van der Waals surface area contributed by atoms with Crippen LogP contribution < -0.4 is 14.2 Å². The molecule has 5 nitrogen and oxygen atoms in total. The standard InChI is InChI=1S/C23H26F3NO4/c1-14(10-18(28)15-6-5-7-17(11-15)23(24,25)26)20-16(8-9-27(2)3)12-19-21(22(20)29-4)31-13-30-19/h5-7,11-12,14H,8-10,13H2,1-4H3. The molecular formula is C23H26F3NO4. The number of nitrogens with zero attached hydrogens (tertiary/aromatic N) is 1. The Bertz CT molecular complexity index is 957. The van der Waals surface area contributed by atoms with E-state index in [1.807, 2.05) is 32.0 Å². The fourth-order valence-corrected chi connectivity index (χ4v) is 3.74. The number of hydrogen-bond acceptors (Lipinski definition) is 5. The predicted octanol–water partition coefficient (Wildman–Crippen LogP) is 4.92. The van der Waals surface area contributed by atoms with Gasteiger partial charge in [0.1, 0.15) is 0 Å². The lowest BCUT2D eigenvalue weighted by Gasteiger charge is -2.22. The van der Waals surface area contributed by atoms with Crippen molar-refractivity contribution >= 4 is 5.78 Å². The number of ether oxygens (including phenoxy) is 3. The van der Waals surface area contributed by atoms with E-state index in [1.165, 1.54) is 19.2 Å². The van der Waals surface area contributed by atoms with Gasteiger partial charge in [0.25, 0.3) is 0 Å². The summed E-state index contributed by atoms with van der Waals surface area (Å²) in [6, 6.07) is 6.42. The molecule has 0 aromatic heterocycles. The van der Waals surface area contributed by atoms with Gasteiger partial charge >= 0.3 is 6.18 Å². The maximum atomic E-state index is 13.0. The monoisotopic (exact) mass is 437 g/mol. The molecule has 2 aromatic rings. The van der Waals surface area contributed by atoms with Gasteiger partial charge < -0.3 is 19.1 Å². The minimum absolute atomic E-state index is 0.0340. The number of likely N-dealkylation sites (N-methyl/N-ethyl adjacent to an activating group) is 1. The molecule has 0 aliphatic carbocycles. The maximum Gasteiger partial charge on any atom is 0.416 e. The van der Waals surface area contributed by atoms with E-state index in [1.54, 1.807) is 0 Å². The number of ketones is 1. The molecule has 0 radical (unpaired) electrons. The maximum absolute atomic E-state index is 13.0. The van der Waals surface area contributed by atoms with Crippen molar-refractivity contribution < 1.29 is 32.2 Å². The number of fused-ring (bicyclic) bond motifs is 1. The van der Waals surface area contributed by atoms with Crippen LogP contribution in [0.4, 0.5) is 13.2 Å². The lowest BCUT2D eigenvalue weighted by atomic mass is 9.87. The van der Waals surface area contributed by atoms with Crippen LogP contribution in [0.3, 0.4) is 0 Å². The van der Waals surface area contributed by atoms with Gasteiger partial charge in [-0.3, -0.25) is 4.79 Å². The van der Waals surface area contributed by atoms with E-state index < -0.39 is 11.7 Å². The quantitative estimate of drug-likeness (QED) is 0.549. The molecule has 0 saturated carbocycles. The van der Waals surface area contributed by atoms with Crippen molar-refractivity contribution in [2.75, 3.05) is 34.5 Å². The SMILES string of the molecule is COc1c2c(cc(CCN(C)C)c1C(C)CC(=O)c1cccc(C(F)(F)F)c1)OCO2. The molecule has 168 valence electrons. The summed E-state index contributed by atoms with van der Waals surface area (Å²) in [5.41, 5.74) is 0.975. The third-order valence-electron chi connectivity index (χ3n) is 5.27. The lowest BCUT2D eigenvalue weighted by Crippen LogP contribution is -2.17. The smallest absolute Gasteiger partial charge is 0.416 e. The zero-order valence-corrected chi connectivity index (χ0v) is 18.0. The predicted molar refractivity (Wildman–Crippen MR) is 110 cm³/mol. The van der Waals surface area contributed by atoms with Crippen LogP contribution in [-0.2, 0) is 12.6 Å². The summed E-state index contributed by atoms with van der Waals surface area (Å²) in [5.74, 6) is 0.920. The van der Waals surface area contributed by atoms with Crippen LogP contribution in [0.25, 0.3) is 0 Å². The second-order valence-electron chi connectivity index (χ2n) is 7.88. The highest BCUT2D eigenvalue weighted by atomic mass is 19.4. The molecule has 0 fully saturated rings. The molecule has 2 aromatic carbocycles. The molecule has 1 atom stereocenters. The minimum atomic E-state index is -4.50. The van der Waals surface area contributed by atoms with Gasteiger partial charge in [0, 0.05) is 24.1 Å². The second kappa shape index (κ2) is 9.18. The molecular weight excluding hydrogens is 411 g/mol. The number of carbonyl (C=O) groups is 1. The van der Waals surface area contributed by atoms with Crippen molar-refractivity contribution in [1.82, 2.24) is 4.90 Å². The van der Waals surface area contributed by atoms with Crippen molar-refractivity contribution in [3.8, 4) is 17.2 Å². The number of benzene rings is 2. The number of halogens is 3. The Balaban J connectivity index is 1.93. The van der Waals surface area contributed by atoms with Crippen molar-refractivity contribution in [2.45, 2.75) is 31.9 Å². The normalized spacial score (nSPS) is 14.1. The van der Waals surface area contributed by atoms with Crippen molar-refractivity contribution in [2.24, 2.45) is 0 Å². The van der Waals surface area contributed by atoms with E-state index in [9.17, 15) is 18.0 Å². The Morgan fingerprint density at radius 1 is 1.23 bits per heavy atom. The van der Waals surface area contributed by atoms with Gasteiger partial charge in [-0.15, -0.1) is 0 Å². The number of alkyl halides is 3. The summed E-state index contributed by atoms with van der Waals surface area (Å²) in [7, 11) is 5.45. The Kier molecular flexibility index (Phi) is 6.79. The van der Waals surface area contributed by atoms with Crippen LogP contribution in [0.15, 0.2) is 30.3 Å². The highest BCUT2D eigenvalue weighted by molar-refractivity contribution is 5.96. The summed E-state index contributed by atoms with van der Waals surface area (Å²) in [4.78, 5) is 14.9. The summed E-state index contributed by atoms with van der Waals surface area (Å²) in [6.07, 6.45) is -3.77.